The zero-order valence-electron chi connectivity index (χ0n) is 11.0. The molecule has 96 valence electrons. The van der Waals surface area contributed by atoms with Crippen molar-refractivity contribution in [2.75, 3.05) is 5.32 Å². The van der Waals surface area contributed by atoms with Gasteiger partial charge in [-0.15, -0.1) is 0 Å². The number of hydrogen-bond donors (Lipinski definition) is 1. The van der Waals surface area contributed by atoms with E-state index in [2.05, 4.69) is 24.3 Å². The van der Waals surface area contributed by atoms with Gasteiger partial charge in [-0.3, -0.25) is 4.79 Å². The van der Waals surface area contributed by atoms with Crippen molar-refractivity contribution in [3.05, 3.63) is 22.5 Å². The van der Waals surface area contributed by atoms with Crippen molar-refractivity contribution in [3.63, 3.8) is 0 Å². The van der Waals surface area contributed by atoms with Crippen molar-refractivity contribution < 1.29 is 9.32 Å². The van der Waals surface area contributed by atoms with Crippen LogP contribution in [0.4, 0.5) is 5.88 Å². The third-order valence-corrected chi connectivity index (χ3v) is 3.92. The van der Waals surface area contributed by atoms with Crippen LogP contribution < -0.4 is 5.32 Å². The van der Waals surface area contributed by atoms with Gasteiger partial charge in [-0.05, 0) is 25.7 Å². The Kier molecular flexibility index (Phi) is 2.54. The van der Waals surface area contributed by atoms with Crippen molar-refractivity contribution in [3.8, 4) is 0 Å². The normalized spacial score (nSPS) is 22.9. The molecular formula is C14H18N2O2. The molecule has 1 N–H and O–H groups in total. The summed E-state index contributed by atoms with van der Waals surface area (Å²) in [6.07, 6.45) is 2.53. The zero-order valence-corrected chi connectivity index (χ0v) is 11.0. The number of nitrogens with zero attached hydrogens (tertiary/aromatic N) is 1. The van der Waals surface area contributed by atoms with Crippen molar-refractivity contribution in [1.82, 2.24) is 5.16 Å². The van der Waals surface area contributed by atoms with Crippen LogP contribution >= 0.6 is 0 Å². The predicted molar refractivity (Wildman–Crippen MR) is 68.3 cm³/mol. The summed E-state index contributed by atoms with van der Waals surface area (Å²) in [4.78, 5) is 12.2. The van der Waals surface area contributed by atoms with Gasteiger partial charge in [0.15, 0.2) is 5.78 Å². The number of aryl methyl sites for hydroxylation is 1. The van der Waals surface area contributed by atoms with Gasteiger partial charge in [0.25, 0.3) is 0 Å². The van der Waals surface area contributed by atoms with E-state index < -0.39 is 0 Å². The van der Waals surface area contributed by atoms with E-state index >= 15 is 0 Å². The third-order valence-electron chi connectivity index (χ3n) is 3.92. The minimum atomic E-state index is 0.135. The highest BCUT2D eigenvalue weighted by atomic mass is 16.5. The van der Waals surface area contributed by atoms with Crippen LogP contribution in [0.15, 0.2) is 15.8 Å². The van der Waals surface area contributed by atoms with Crippen LogP contribution in [0.2, 0.25) is 0 Å². The van der Waals surface area contributed by atoms with Gasteiger partial charge in [0.05, 0.1) is 5.69 Å². The standard InChI is InChI=1S/C14H18N2O2/c1-7(2)11-12-8(3)16-18-14(12)15-9-5-4-6-10(17)13(9)11/h7,11,15H,4-6H2,1-3H3. The fourth-order valence-electron chi connectivity index (χ4n) is 3.14. The molecule has 0 bridgehead atoms. The molecule has 2 aliphatic rings. The Labute approximate surface area is 106 Å². The molecule has 0 saturated carbocycles. The lowest BCUT2D eigenvalue weighted by Crippen LogP contribution is -2.28. The summed E-state index contributed by atoms with van der Waals surface area (Å²) in [5.41, 5.74) is 3.98. The van der Waals surface area contributed by atoms with Crippen molar-refractivity contribution in [1.29, 1.82) is 0 Å². The maximum atomic E-state index is 12.2. The molecule has 1 aromatic rings. The predicted octanol–water partition coefficient (Wildman–Crippen LogP) is 3.16. The first kappa shape index (κ1) is 11.5. The fraction of sp³-hybridized carbons (Fsp3) is 0.571. The first-order valence-corrected chi connectivity index (χ1v) is 6.59. The zero-order chi connectivity index (χ0) is 12.9. The number of allylic oxidation sites excluding steroid dienone is 2. The first-order valence-electron chi connectivity index (χ1n) is 6.59. The summed E-state index contributed by atoms with van der Waals surface area (Å²) >= 11 is 0. The van der Waals surface area contributed by atoms with Gasteiger partial charge in [0, 0.05) is 29.2 Å². The largest absolute Gasteiger partial charge is 0.338 e. The second kappa shape index (κ2) is 3.97. The number of carbonyl (C=O) groups is 1. The summed E-state index contributed by atoms with van der Waals surface area (Å²) in [5, 5.41) is 7.30. The van der Waals surface area contributed by atoms with Gasteiger partial charge < -0.3 is 9.84 Å². The number of hydrogen-bond acceptors (Lipinski definition) is 4. The number of ketones is 1. The molecule has 1 aliphatic heterocycles. The number of Topliss-reactive ketones (excluding diaryl/α,β-unsaturated/α-hetero) is 1. The highest BCUT2D eigenvalue weighted by Crippen LogP contribution is 2.46. The SMILES string of the molecule is Cc1noc2c1C(C(C)C)C1=C(CCCC1=O)N2. The van der Waals surface area contributed by atoms with Crippen molar-refractivity contribution >= 4 is 11.7 Å². The Bertz CT molecular complexity index is 540. The molecule has 0 aromatic carbocycles. The molecule has 0 amide bonds. The minimum Gasteiger partial charge on any atom is -0.338 e. The number of carbonyl (C=O) groups excluding carboxylic acids is 1. The van der Waals surface area contributed by atoms with E-state index in [-0.39, 0.29) is 11.7 Å². The maximum Gasteiger partial charge on any atom is 0.232 e. The first-order chi connectivity index (χ1) is 8.59. The average molecular weight is 246 g/mol. The van der Waals surface area contributed by atoms with Gasteiger partial charge in [0.1, 0.15) is 0 Å². The number of aromatic nitrogens is 1. The minimum absolute atomic E-state index is 0.135. The van der Waals surface area contributed by atoms with Crippen molar-refractivity contribution in [2.45, 2.75) is 46.0 Å². The van der Waals surface area contributed by atoms with Crippen LogP contribution in [0.25, 0.3) is 0 Å². The Morgan fingerprint density at radius 2 is 2.17 bits per heavy atom. The molecule has 0 radical (unpaired) electrons. The van der Waals surface area contributed by atoms with Gasteiger partial charge in [-0.1, -0.05) is 19.0 Å². The number of anilines is 1. The Hall–Kier alpha value is -1.58. The van der Waals surface area contributed by atoms with E-state index in [4.69, 9.17) is 4.52 Å². The van der Waals surface area contributed by atoms with Crippen LogP contribution in [-0.4, -0.2) is 10.9 Å². The average Bonchev–Trinajstić information content (AvgIpc) is 2.68. The second-order valence-electron chi connectivity index (χ2n) is 5.53. The van der Waals surface area contributed by atoms with E-state index in [1.54, 1.807) is 0 Å². The van der Waals surface area contributed by atoms with E-state index in [9.17, 15) is 4.79 Å². The monoisotopic (exact) mass is 246 g/mol. The Balaban J connectivity index is 2.17. The maximum absolute atomic E-state index is 12.2. The molecule has 1 atom stereocenters. The molecule has 18 heavy (non-hydrogen) atoms. The molecule has 1 unspecified atom stereocenters. The lowest BCUT2D eigenvalue weighted by atomic mass is 9.74. The molecule has 2 heterocycles. The fourth-order valence-corrected chi connectivity index (χ4v) is 3.14. The molecule has 1 aromatic heterocycles. The molecule has 3 rings (SSSR count). The van der Waals surface area contributed by atoms with Crippen LogP contribution in [0, 0.1) is 12.8 Å². The van der Waals surface area contributed by atoms with Crippen LogP contribution in [0.5, 0.6) is 0 Å². The second-order valence-corrected chi connectivity index (χ2v) is 5.53. The van der Waals surface area contributed by atoms with E-state index in [1.807, 2.05) is 6.92 Å². The van der Waals surface area contributed by atoms with E-state index in [1.165, 1.54) is 0 Å². The summed E-state index contributed by atoms with van der Waals surface area (Å²) in [7, 11) is 0. The van der Waals surface area contributed by atoms with Crippen LogP contribution in [0.1, 0.15) is 50.3 Å². The van der Waals surface area contributed by atoms with E-state index in [0.717, 1.165) is 41.3 Å². The smallest absolute Gasteiger partial charge is 0.232 e. The van der Waals surface area contributed by atoms with Gasteiger partial charge in [-0.25, -0.2) is 0 Å². The van der Waals surface area contributed by atoms with Gasteiger partial charge in [-0.2, -0.15) is 0 Å². The third kappa shape index (κ3) is 1.51. The summed E-state index contributed by atoms with van der Waals surface area (Å²) in [5.74, 6) is 1.53. The summed E-state index contributed by atoms with van der Waals surface area (Å²) in [6, 6.07) is 0. The van der Waals surface area contributed by atoms with E-state index in [0.29, 0.717) is 12.3 Å². The summed E-state index contributed by atoms with van der Waals surface area (Å²) in [6.45, 7) is 6.25. The quantitative estimate of drug-likeness (QED) is 0.827. The number of fused-ring (bicyclic) bond motifs is 1. The topological polar surface area (TPSA) is 55.1 Å². The highest BCUT2D eigenvalue weighted by molar-refractivity contribution is 6.00. The molecule has 0 fully saturated rings. The molecule has 0 spiro atoms. The highest BCUT2D eigenvalue weighted by Gasteiger charge is 2.38. The van der Waals surface area contributed by atoms with Crippen molar-refractivity contribution in [2.24, 2.45) is 5.92 Å². The Morgan fingerprint density at radius 1 is 1.39 bits per heavy atom. The van der Waals surface area contributed by atoms with Gasteiger partial charge in [0.2, 0.25) is 5.88 Å². The molecular weight excluding hydrogens is 228 g/mol. The molecule has 0 saturated heterocycles. The van der Waals surface area contributed by atoms with Gasteiger partial charge >= 0.3 is 0 Å². The van der Waals surface area contributed by atoms with Crippen LogP contribution in [0.3, 0.4) is 0 Å². The molecule has 4 heteroatoms. The molecule has 4 nitrogen and oxygen atoms in total. The Morgan fingerprint density at radius 3 is 2.89 bits per heavy atom. The molecule has 1 aliphatic carbocycles. The van der Waals surface area contributed by atoms with Crippen LogP contribution in [-0.2, 0) is 4.79 Å². The lowest BCUT2D eigenvalue weighted by molar-refractivity contribution is -0.116. The number of nitrogens with one attached hydrogen (secondary N) is 1. The number of rotatable bonds is 1. The summed E-state index contributed by atoms with van der Waals surface area (Å²) < 4.78 is 5.34. The lowest BCUT2D eigenvalue weighted by Gasteiger charge is -2.33.